The van der Waals surface area contributed by atoms with E-state index < -0.39 is 10.0 Å². The van der Waals surface area contributed by atoms with Gasteiger partial charge in [0.25, 0.3) is 10.0 Å². The standard InChI is InChI=1S/C9H11NO2S3/c1-6-3-4-7(2)8(5-6)15(11,12)10-9(13)14/h3-5H,1-2H3,(H2,10,13,14). The Balaban J connectivity index is 3.26. The Labute approximate surface area is 100 Å². The Morgan fingerprint density at radius 1 is 1.40 bits per heavy atom. The van der Waals surface area contributed by atoms with Gasteiger partial charge in [-0.05, 0) is 31.0 Å². The van der Waals surface area contributed by atoms with Crippen molar-refractivity contribution in [3.05, 3.63) is 29.3 Å². The van der Waals surface area contributed by atoms with Gasteiger partial charge in [-0.25, -0.2) is 8.42 Å². The molecular weight excluding hydrogens is 250 g/mol. The molecule has 0 radical (unpaired) electrons. The van der Waals surface area contributed by atoms with Crippen LogP contribution in [0.1, 0.15) is 11.1 Å². The quantitative estimate of drug-likeness (QED) is 0.630. The number of rotatable bonds is 2. The smallest absolute Gasteiger partial charge is 0.263 e. The fourth-order valence-corrected chi connectivity index (χ4v) is 3.03. The van der Waals surface area contributed by atoms with Crippen molar-refractivity contribution in [2.45, 2.75) is 18.7 Å². The lowest BCUT2D eigenvalue weighted by molar-refractivity contribution is 0.592. The summed E-state index contributed by atoms with van der Waals surface area (Å²) < 4.78 is 25.6. The summed E-state index contributed by atoms with van der Waals surface area (Å²) in [6.07, 6.45) is 0. The fraction of sp³-hybridized carbons (Fsp3) is 0.222. The lowest BCUT2D eigenvalue weighted by atomic mass is 10.2. The molecule has 0 aliphatic heterocycles. The van der Waals surface area contributed by atoms with E-state index in [-0.39, 0.29) is 9.22 Å². The van der Waals surface area contributed by atoms with E-state index in [1.54, 1.807) is 19.1 Å². The number of sulfonamides is 1. The number of hydrogen-bond acceptors (Lipinski definition) is 3. The highest BCUT2D eigenvalue weighted by Gasteiger charge is 2.16. The molecule has 82 valence electrons. The zero-order valence-corrected chi connectivity index (χ0v) is 10.8. The Bertz CT molecular complexity index is 494. The van der Waals surface area contributed by atoms with Gasteiger partial charge in [-0.2, -0.15) is 0 Å². The maximum Gasteiger partial charge on any atom is 0.263 e. The predicted molar refractivity (Wildman–Crippen MR) is 67.8 cm³/mol. The summed E-state index contributed by atoms with van der Waals surface area (Å²) >= 11 is 8.34. The third-order valence-corrected chi connectivity index (χ3v) is 3.84. The van der Waals surface area contributed by atoms with Gasteiger partial charge < -0.3 is 0 Å². The lowest BCUT2D eigenvalue weighted by Crippen LogP contribution is -2.26. The van der Waals surface area contributed by atoms with E-state index in [0.29, 0.717) is 5.56 Å². The summed E-state index contributed by atoms with van der Waals surface area (Å²) in [5.41, 5.74) is 1.56. The van der Waals surface area contributed by atoms with Crippen LogP contribution in [0.4, 0.5) is 0 Å². The van der Waals surface area contributed by atoms with Crippen molar-refractivity contribution in [1.29, 1.82) is 0 Å². The van der Waals surface area contributed by atoms with Gasteiger partial charge in [0.2, 0.25) is 0 Å². The van der Waals surface area contributed by atoms with Crippen molar-refractivity contribution in [1.82, 2.24) is 4.72 Å². The minimum atomic E-state index is -3.58. The molecule has 0 atom stereocenters. The van der Waals surface area contributed by atoms with Crippen LogP contribution in [-0.4, -0.2) is 12.7 Å². The molecule has 1 aromatic carbocycles. The first-order valence-corrected chi connectivity index (χ1v) is 6.50. The van der Waals surface area contributed by atoms with Crippen LogP contribution in [0.2, 0.25) is 0 Å². The number of nitrogens with one attached hydrogen (secondary N) is 1. The second-order valence-corrected chi connectivity index (χ2v) is 5.99. The van der Waals surface area contributed by atoms with Crippen molar-refractivity contribution < 1.29 is 8.42 Å². The highest BCUT2D eigenvalue weighted by molar-refractivity contribution is 8.12. The van der Waals surface area contributed by atoms with E-state index in [1.807, 2.05) is 13.0 Å². The number of thiol groups is 1. The van der Waals surface area contributed by atoms with Gasteiger partial charge in [-0.15, -0.1) is 12.6 Å². The van der Waals surface area contributed by atoms with Gasteiger partial charge in [-0.1, -0.05) is 24.4 Å². The summed E-state index contributed by atoms with van der Waals surface area (Å²) in [4.78, 5) is 0.235. The first-order valence-electron chi connectivity index (χ1n) is 4.16. The topological polar surface area (TPSA) is 46.2 Å². The number of hydrogen-bond donors (Lipinski definition) is 2. The summed E-state index contributed by atoms with van der Waals surface area (Å²) in [5.74, 6) is 0. The molecule has 0 spiro atoms. The predicted octanol–water partition coefficient (Wildman–Crippen LogP) is 1.80. The van der Waals surface area contributed by atoms with Gasteiger partial charge in [0.05, 0.1) is 4.90 Å². The summed E-state index contributed by atoms with van der Waals surface area (Å²) in [6.45, 7) is 3.56. The van der Waals surface area contributed by atoms with Crippen LogP contribution in [0.3, 0.4) is 0 Å². The monoisotopic (exact) mass is 261 g/mol. The normalized spacial score (nSPS) is 11.1. The average Bonchev–Trinajstić information content (AvgIpc) is 2.06. The van der Waals surface area contributed by atoms with Gasteiger partial charge in [0.1, 0.15) is 4.32 Å². The second-order valence-electron chi connectivity index (χ2n) is 3.18. The second kappa shape index (κ2) is 4.51. The molecule has 3 nitrogen and oxygen atoms in total. The molecule has 0 bridgehead atoms. The minimum absolute atomic E-state index is 0.0593. The molecule has 0 amide bonds. The van der Waals surface area contributed by atoms with Crippen LogP contribution in [0.25, 0.3) is 0 Å². The number of thiocarbonyl (C=S) groups is 1. The summed E-state index contributed by atoms with van der Waals surface area (Å²) in [6, 6.07) is 5.21. The fourth-order valence-electron chi connectivity index (χ4n) is 1.17. The molecule has 0 aliphatic carbocycles. The molecule has 6 heteroatoms. The van der Waals surface area contributed by atoms with Gasteiger partial charge in [0.15, 0.2) is 0 Å². The molecule has 1 rings (SSSR count). The van der Waals surface area contributed by atoms with Crippen LogP contribution in [0.5, 0.6) is 0 Å². The van der Waals surface area contributed by atoms with Gasteiger partial charge in [-0.3, -0.25) is 4.72 Å². The molecule has 0 aliphatic rings. The van der Waals surface area contributed by atoms with Gasteiger partial charge in [0, 0.05) is 0 Å². The molecular formula is C9H11NO2S3. The van der Waals surface area contributed by atoms with E-state index in [2.05, 4.69) is 29.6 Å². The Kier molecular flexibility index (Phi) is 3.75. The third kappa shape index (κ3) is 3.19. The van der Waals surface area contributed by atoms with Crippen LogP contribution in [0, 0.1) is 13.8 Å². The van der Waals surface area contributed by atoms with Crippen LogP contribution < -0.4 is 4.72 Å². The molecule has 15 heavy (non-hydrogen) atoms. The zero-order chi connectivity index (χ0) is 11.6. The molecule has 1 N–H and O–H groups in total. The minimum Gasteiger partial charge on any atom is -0.264 e. The highest BCUT2D eigenvalue weighted by atomic mass is 32.2. The molecule has 0 heterocycles. The average molecular weight is 261 g/mol. The van der Waals surface area contributed by atoms with Crippen LogP contribution in [0.15, 0.2) is 23.1 Å². The van der Waals surface area contributed by atoms with E-state index in [9.17, 15) is 8.42 Å². The molecule has 0 fully saturated rings. The maximum atomic E-state index is 11.8. The summed E-state index contributed by atoms with van der Waals surface area (Å²) in [7, 11) is -3.58. The zero-order valence-electron chi connectivity index (χ0n) is 8.31. The number of benzene rings is 1. The molecule has 0 unspecified atom stereocenters. The lowest BCUT2D eigenvalue weighted by Gasteiger charge is -2.09. The van der Waals surface area contributed by atoms with Crippen molar-refractivity contribution >= 4 is 39.2 Å². The van der Waals surface area contributed by atoms with E-state index in [0.717, 1.165) is 5.56 Å². The molecule has 1 aromatic rings. The van der Waals surface area contributed by atoms with Crippen LogP contribution >= 0.6 is 24.8 Å². The van der Waals surface area contributed by atoms with E-state index in [4.69, 9.17) is 0 Å². The maximum absolute atomic E-state index is 11.8. The SMILES string of the molecule is Cc1ccc(C)c(S(=O)(=O)NC(=S)S)c1. The Morgan fingerprint density at radius 3 is 2.53 bits per heavy atom. The highest BCUT2D eigenvalue weighted by Crippen LogP contribution is 2.16. The van der Waals surface area contributed by atoms with E-state index >= 15 is 0 Å². The van der Waals surface area contributed by atoms with Crippen molar-refractivity contribution in [3.63, 3.8) is 0 Å². The first kappa shape index (κ1) is 12.5. The largest absolute Gasteiger partial charge is 0.264 e. The number of aryl methyl sites for hydroxylation is 2. The molecule has 0 saturated heterocycles. The Morgan fingerprint density at radius 2 is 2.00 bits per heavy atom. The van der Waals surface area contributed by atoms with E-state index in [1.165, 1.54) is 0 Å². The van der Waals surface area contributed by atoms with Gasteiger partial charge >= 0.3 is 0 Å². The van der Waals surface area contributed by atoms with Crippen molar-refractivity contribution in [3.8, 4) is 0 Å². The molecule has 0 saturated carbocycles. The van der Waals surface area contributed by atoms with Crippen LogP contribution in [-0.2, 0) is 10.0 Å². The van der Waals surface area contributed by atoms with Crippen molar-refractivity contribution in [2.75, 3.05) is 0 Å². The molecule has 0 aromatic heterocycles. The first-order chi connectivity index (χ1) is 6.83. The third-order valence-electron chi connectivity index (χ3n) is 1.85. The van der Waals surface area contributed by atoms with Crippen molar-refractivity contribution in [2.24, 2.45) is 0 Å². The summed E-state index contributed by atoms with van der Waals surface area (Å²) in [5, 5.41) is 0. The Hall–Kier alpha value is -0.590.